The van der Waals surface area contributed by atoms with E-state index < -0.39 is 0 Å². The van der Waals surface area contributed by atoms with Crippen molar-refractivity contribution in [1.82, 2.24) is 20.2 Å². The van der Waals surface area contributed by atoms with E-state index in [9.17, 15) is 9.59 Å². The number of pyridine rings is 1. The van der Waals surface area contributed by atoms with Crippen molar-refractivity contribution < 1.29 is 14.3 Å². The Bertz CT molecular complexity index is 1470. The van der Waals surface area contributed by atoms with Gasteiger partial charge in [0.2, 0.25) is 5.91 Å². The summed E-state index contributed by atoms with van der Waals surface area (Å²) in [5.41, 5.74) is 4.79. The number of aromatic nitrogens is 2. The Morgan fingerprint density at radius 2 is 2.21 bits per heavy atom. The number of nitrogens with one attached hydrogen (secondary N) is 3. The van der Waals surface area contributed by atoms with Crippen molar-refractivity contribution in [3.63, 3.8) is 0 Å². The monoisotopic (exact) mass is 529 g/mol. The molecule has 2 aliphatic heterocycles. The van der Waals surface area contributed by atoms with E-state index in [-0.39, 0.29) is 17.9 Å². The molecule has 9 heteroatoms. The molecule has 1 saturated heterocycles. The Hall–Kier alpha value is -4.22. The largest absolute Gasteiger partial charge is 0.493 e. The number of methoxy groups -OCH3 is 1. The van der Waals surface area contributed by atoms with E-state index in [1.54, 1.807) is 30.5 Å². The number of likely N-dealkylation sites (tertiary alicyclic amines) is 1. The highest BCUT2D eigenvalue weighted by molar-refractivity contribution is 6.32. The molecule has 2 aliphatic rings. The van der Waals surface area contributed by atoms with Crippen molar-refractivity contribution in [3.05, 3.63) is 71.2 Å². The predicted octanol–water partition coefficient (Wildman–Crippen LogP) is 4.69. The zero-order chi connectivity index (χ0) is 26.6. The van der Waals surface area contributed by atoms with Gasteiger partial charge in [0, 0.05) is 43.2 Å². The lowest BCUT2D eigenvalue weighted by Crippen LogP contribution is -2.42. The molecule has 5 rings (SSSR count). The summed E-state index contributed by atoms with van der Waals surface area (Å²) >= 11 is 6.37. The van der Waals surface area contributed by atoms with Crippen molar-refractivity contribution in [2.75, 3.05) is 25.5 Å². The molecule has 2 aromatic heterocycles. The van der Waals surface area contributed by atoms with Crippen molar-refractivity contribution in [3.8, 4) is 28.8 Å². The average molecular weight is 530 g/mol. The molecular formula is C29H28ClN5O3. The molecule has 3 N–H and O–H groups in total. The summed E-state index contributed by atoms with van der Waals surface area (Å²) in [5.74, 6) is 6.76. The maximum atomic E-state index is 13.0. The molecule has 1 fully saturated rings. The number of benzene rings is 1. The van der Waals surface area contributed by atoms with E-state index in [0.29, 0.717) is 58.5 Å². The van der Waals surface area contributed by atoms with Crippen LogP contribution in [0.25, 0.3) is 11.3 Å². The van der Waals surface area contributed by atoms with Crippen LogP contribution in [0.5, 0.6) is 5.75 Å². The Morgan fingerprint density at radius 3 is 3.03 bits per heavy atom. The maximum absolute atomic E-state index is 13.0. The summed E-state index contributed by atoms with van der Waals surface area (Å²) in [6.45, 7) is 4.84. The molecule has 0 saturated carbocycles. The number of para-hydroxylation sites is 1. The Morgan fingerprint density at radius 1 is 1.34 bits per heavy atom. The third kappa shape index (κ3) is 4.85. The fourth-order valence-electron chi connectivity index (χ4n) is 4.99. The second-order valence-corrected chi connectivity index (χ2v) is 9.53. The van der Waals surface area contributed by atoms with Gasteiger partial charge in [-0.15, -0.1) is 0 Å². The molecule has 4 heterocycles. The molecule has 38 heavy (non-hydrogen) atoms. The van der Waals surface area contributed by atoms with Crippen LogP contribution >= 0.6 is 11.6 Å². The van der Waals surface area contributed by atoms with Crippen molar-refractivity contribution in [1.29, 1.82) is 0 Å². The number of anilines is 2. The summed E-state index contributed by atoms with van der Waals surface area (Å²) in [6.07, 6.45) is 8.16. The number of hydrogen-bond donors (Lipinski definition) is 3. The normalized spacial score (nSPS) is 16.5. The van der Waals surface area contributed by atoms with E-state index >= 15 is 0 Å². The zero-order valence-corrected chi connectivity index (χ0v) is 21.8. The summed E-state index contributed by atoms with van der Waals surface area (Å²) in [5, 5.41) is 6.78. The number of fused-ring (bicyclic) bond motifs is 1. The lowest BCUT2D eigenvalue weighted by Gasteiger charge is -2.31. The molecular weight excluding hydrogens is 502 g/mol. The first-order valence-corrected chi connectivity index (χ1v) is 12.9. The zero-order valence-electron chi connectivity index (χ0n) is 21.1. The van der Waals surface area contributed by atoms with E-state index in [4.69, 9.17) is 16.3 Å². The molecule has 1 aromatic carbocycles. The van der Waals surface area contributed by atoms with E-state index in [1.807, 2.05) is 18.2 Å². The van der Waals surface area contributed by atoms with Gasteiger partial charge >= 0.3 is 0 Å². The van der Waals surface area contributed by atoms with Gasteiger partial charge in [-0.2, -0.15) is 0 Å². The Balaban J connectivity index is 1.60. The SMILES string of the molecule is C=CC(=O)N1CCCC[C@H]1C#Cc1cnccc1-c1[nH]c2c(c1Nc1cccc(Cl)c1OC)C(=O)NCC2. The van der Waals surface area contributed by atoms with Gasteiger partial charge in [-0.25, -0.2) is 0 Å². The van der Waals surface area contributed by atoms with Gasteiger partial charge < -0.3 is 25.3 Å². The average Bonchev–Trinajstić information content (AvgIpc) is 3.31. The Kier molecular flexibility index (Phi) is 7.38. The topological polar surface area (TPSA) is 99.3 Å². The number of ether oxygens (including phenoxy) is 1. The number of carbonyl (C=O) groups excluding carboxylic acids is 2. The summed E-state index contributed by atoms with van der Waals surface area (Å²) < 4.78 is 5.53. The first-order chi connectivity index (χ1) is 18.5. The van der Waals surface area contributed by atoms with Gasteiger partial charge in [-0.3, -0.25) is 14.6 Å². The van der Waals surface area contributed by atoms with Crippen LogP contribution in [0.4, 0.5) is 11.4 Å². The Labute approximate surface area is 226 Å². The number of amides is 2. The number of aromatic amines is 1. The fraction of sp³-hybridized carbons (Fsp3) is 0.276. The van der Waals surface area contributed by atoms with Gasteiger partial charge in [-0.1, -0.05) is 36.1 Å². The summed E-state index contributed by atoms with van der Waals surface area (Å²) in [7, 11) is 1.55. The van der Waals surface area contributed by atoms with Crippen LogP contribution in [-0.4, -0.2) is 52.9 Å². The first-order valence-electron chi connectivity index (χ1n) is 12.5. The molecule has 0 spiro atoms. The van der Waals surface area contributed by atoms with Gasteiger partial charge in [0.1, 0.15) is 0 Å². The molecule has 0 unspecified atom stereocenters. The van der Waals surface area contributed by atoms with Crippen LogP contribution in [0, 0.1) is 11.8 Å². The van der Waals surface area contributed by atoms with E-state index in [0.717, 1.165) is 30.5 Å². The molecule has 0 radical (unpaired) electrons. The second-order valence-electron chi connectivity index (χ2n) is 9.12. The lowest BCUT2D eigenvalue weighted by molar-refractivity contribution is -0.128. The maximum Gasteiger partial charge on any atom is 0.255 e. The van der Waals surface area contributed by atoms with Crippen LogP contribution in [0.1, 0.15) is 40.9 Å². The van der Waals surface area contributed by atoms with Gasteiger partial charge in [-0.05, 0) is 43.5 Å². The molecule has 194 valence electrons. The van der Waals surface area contributed by atoms with Crippen molar-refractivity contribution in [2.24, 2.45) is 0 Å². The minimum Gasteiger partial charge on any atom is -0.493 e. The van der Waals surface area contributed by atoms with E-state index in [2.05, 4.69) is 39.0 Å². The van der Waals surface area contributed by atoms with Gasteiger partial charge in [0.15, 0.2) is 5.75 Å². The molecule has 2 amide bonds. The number of carbonyl (C=O) groups is 2. The first kappa shape index (κ1) is 25.4. The minimum absolute atomic E-state index is 0.111. The number of piperidine rings is 1. The van der Waals surface area contributed by atoms with Crippen LogP contribution in [-0.2, 0) is 11.2 Å². The molecule has 0 bridgehead atoms. The number of rotatable bonds is 5. The minimum atomic E-state index is -0.196. The molecule has 1 atom stereocenters. The quantitative estimate of drug-likeness (QED) is 0.329. The molecule has 8 nitrogen and oxygen atoms in total. The highest BCUT2D eigenvalue weighted by Gasteiger charge is 2.29. The van der Waals surface area contributed by atoms with Crippen LogP contribution < -0.4 is 15.4 Å². The number of hydrogen-bond acceptors (Lipinski definition) is 5. The van der Waals surface area contributed by atoms with Crippen molar-refractivity contribution >= 4 is 34.8 Å². The standard InChI is InChI=1S/C29H28ClN5O3/c1-3-24(36)35-16-5-4-7-19(35)11-10-18-17-31-14-12-20(18)26-27(25-22(33-26)13-15-32-29(25)37)34-23-9-6-8-21(30)28(23)38-2/h3,6,8-9,12,14,17,19,33-34H,1,4-5,7,13,15-16H2,2H3,(H,32,37)/t19-/m0/s1. The smallest absolute Gasteiger partial charge is 0.255 e. The summed E-state index contributed by atoms with van der Waals surface area (Å²) in [4.78, 5) is 34.9. The van der Waals surface area contributed by atoms with Crippen LogP contribution in [0.2, 0.25) is 5.02 Å². The second kappa shape index (κ2) is 11.0. The number of halogens is 1. The third-order valence-electron chi connectivity index (χ3n) is 6.82. The van der Waals surface area contributed by atoms with Gasteiger partial charge in [0.25, 0.3) is 5.91 Å². The van der Waals surface area contributed by atoms with Crippen LogP contribution in [0.3, 0.4) is 0 Å². The highest BCUT2D eigenvalue weighted by Crippen LogP contribution is 2.41. The number of nitrogens with zero attached hydrogens (tertiary/aromatic N) is 2. The molecule has 3 aromatic rings. The number of H-pyrrole nitrogens is 1. The molecule has 0 aliphatic carbocycles. The lowest BCUT2D eigenvalue weighted by atomic mass is 10.0. The van der Waals surface area contributed by atoms with Gasteiger partial charge in [0.05, 0.1) is 46.4 Å². The summed E-state index contributed by atoms with van der Waals surface area (Å²) in [6, 6.07) is 7.07. The third-order valence-corrected chi connectivity index (χ3v) is 7.12. The van der Waals surface area contributed by atoms with Crippen LogP contribution in [0.15, 0.2) is 49.3 Å². The fourth-order valence-corrected chi connectivity index (χ4v) is 5.24. The van der Waals surface area contributed by atoms with Crippen molar-refractivity contribution in [2.45, 2.75) is 31.7 Å². The highest BCUT2D eigenvalue weighted by atomic mass is 35.5. The predicted molar refractivity (Wildman–Crippen MR) is 148 cm³/mol. The van der Waals surface area contributed by atoms with E-state index in [1.165, 1.54) is 6.08 Å².